The number of hydrogen-bond acceptors (Lipinski definition) is 8. The molecule has 2 aromatic heterocycles. The van der Waals surface area contributed by atoms with Crippen LogP contribution in [0.1, 0.15) is 33.1 Å². The minimum Gasteiger partial charge on any atom is -0.493 e. The van der Waals surface area contributed by atoms with Gasteiger partial charge in [-0.3, -0.25) is 0 Å². The lowest BCUT2D eigenvalue weighted by Crippen LogP contribution is -2.06. The summed E-state index contributed by atoms with van der Waals surface area (Å²) in [7, 11) is 1.51. The number of aryl methyl sites for hydroxylation is 2. The highest BCUT2D eigenvalue weighted by Crippen LogP contribution is 2.30. The van der Waals surface area contributed by atoms with E-state index in [-0.39, 0.29) is 13.2 Å². The third-order valence-corrected chi connectivity index (χ3v) is 4.92. The normalized spacial score (nSPS) is 10.7. The SMILES string of the molecule is COc1cc(C(=O)OCc2cc(-c3ccccc3)on2)ccc1OCc1c(C)noc1C. The molecule has 0 radical (unpaired) electrons. The maximum Gasteiger partial charge on any atom is 0.338 e. The molecule has 4 aromatic rings. The van der Waals surface area contributed by atoms with Gasteiger partial charge in [-0.15, -0.1) is 0 Å². The summed E-state index contributed by atoms with van der Waals surface area (Å²) in [6.07, 6.45) is 0. The second kappa shape index (κ2) is 9.38. The molecule has 0 aliphatic heterocycles. The highest BCUT2D eigenvalue weighted by atomic mass is 16.5. The zero-order valence-corrected chi connectivity index (χ0v) is 18.0. The molecule has 0 atom stereocenters. The first-order valence-corrected chi connectivity index (χ1v) is 9.96. The van der Waals surface area contributed by atoms with Crippen LogP contribution >= 0.6 is 0 Å². The number of rotatable bonds is 8. The van der Waals surface area contributed by atoms with Crippen LogP contribution in [0.25, 0.3) is 11.3 Å². The van der Waals surface area contributed by atoms with E-state index in [9.17, 15) is 4.79 Å². The van der Waals surface area contributed by atoms with Gasteiger partial charge >= 0.3 is 5.97 Å². The third-order valence-electron chi connectivity index (χ3n) is 4.92. The lowest BCUT2D eigenvalue weighted by Gasteiger charge is -2.12. The van der Waals surface area contributed by atoms with E-state index in [2.05, 4.69) is 10.3 Å². The summed E-state index contributed by atoms with van der Waals surface area (Å²) < 4.78 is 27.1. The minimum atomic E-state index is -0.509. The maximum absolute atomic E-state index is 12.5. The number of ether oxygens (including phenoxy) is 3. The first-order valence-electron chi connectivity index (χ1n) is 9.96. The van der Waals surface area contributed by atoms with Gasteiger partial charge in [0.15, 0.2) is 17.3 Å². The van der Waals surface area contributed by atoms with Crippen molar-refractivity contribution in [3.63, 3.8) is 0 Å². The fraction of sp³-hybridized carbons (Fsp3) is 0.208. The second-order valence-corrected chi connectivity index (χ2v) is 7.08. The molecule has 0 fully saturated rings. The van der Waals surface area contributed by atoms with Crippen molar-refractivity contribution in [2.75, 3.05) is 7.11 Å². The highest BCUT2D eigenvalue weighted by Gasteiger charge is 2.16. The fourth-order valence-corrected chi connectivity index (χ4v) is 3.11. The zero-order valence-electron chi connectivity index (χ0n) is 18.0. The average molecular weight is 434 g/mol. The lowest BCUT2D eigenvalue weighted by atomic mass is 10.2. The highest BCUT2D eigenvalue weighted by molar-refractivity contribution is 5.90. The number of nitrogens with zero attached hydrogens (tertiary/aromatic N) is 2. The summed E-state index contributed by atoms with van der Waals surface area (Å²) in [5.41, 5.74) is 3.39. The van der Waals surface area contributed by atoms with E-state index < -0.39 is 5.97 Å². The number of esters is 1. The Bertz CT molecular complexity index is 1190. The van der Waals surface area contributed by atoms with Crippen LogP contribution < -0.4 is 9.47 Å². The van der Waals surface area contributed by atoms with Crippen LogP contribution in [0.2, 0.25) is 0 Å². The van der Waals surface area contributed by atoms with Crippen LogP contribution in [0.5, 0.6) is 11.5 Å². The summed E-state index contributed by atoms with van der Waals surface area (Å²) in [5, 5.41) is 7.87. The van der Waals surface area contributed by atoms with Gasteiger partial charge in [0.05, 0.1) is 23.9 Å². The smallest absolute Gasteiger partial charge is 0.338 e. The van der Waals surface area contributed by atoms with Crippen molar-refractivity contribution in [1.29, 1.82) is 0 Å². The standard InChI is InChI=1S/C24H22N2O6/c1-15-20(16(2)31-25-15)14-29-21-10-9-18(11-23(21)28-3)24(27)30-13-19-12-22(32-26-19)17-7-5-4-6-8-17/h4-12H,13-14H2,1-3H3. The first kappa shape index (κ1) is 21.2. The van der Waals surface area contributed by atoms with E-state index in [4.69, 9.17) is 23.3 Å². The van der Waals surface area contributed by atoms with Gasteiger partial charge in [-0.1, -0.05) is 40.6 Å². The van der Waals surface area contributed by atoms with Gasteiger partial charge in [0.1, 0.15) is 24.7 Å². The number of carbonyl (C=O) groups is 1. The molecule has 32 heavy (non-hydrogen) atoms. The van der Waals surface area contributed by atoms with Crippen molar-refractivity contribution >= 4 is 5.97 Å². The Morgan fingerprint density at radius 2 is 1.75 bits per heavy atom. The zero-order chi connectivity index (χ0) is 22.5. The molecule has 0 N–H and O–H groups in total. The molecular weight excluding hydrogens is 412 g/mol. The molecule has 0 amide bonds. The molecule has 0 saturated heterocycles. The number of hydrogen-bond donors (Lipinski definition) is 0. The predicted molar refractivity (Wildman–Crippen MR) is 114 cm³/mol. The molecule has 0 unspecified atom stereocenters. The molecule has 4 rings (SSSR count). The Morgan fingerprint density at radius 3 is 2.47 bits per heavy atom. The summed E-state index contributed by atoms with van der Waals surface area (Å²) in [4.78, 5) is 12.5. The lowest BCUT2D eigenvalue weighted by molar-refractivity contribution is 0.0464. The van der Waals surface area contributed by atoms with E-state index in [1.807, 2.05) is 44.2 Å². The monoisotopic (exact) mass is 434 g/mol. The van der Waals surface area contributed by atoms with E-state index in [1.54, 1.807) is 24.3 Å². The topological polar surface area (TPSA) is 96.8 Å². The van der Waals surface area contributed by atoms with Crippen molar-refractivity contribution in [3.8, 4) is 22.8 Å². The summed E-state index contributed by atoms with van der Waals surface area (Å²) in [5.74, 6) is 1.71. The van der Waals surface area contributed by atoms with Gasteiger partial charge in [0.25, 0.3) is 0 Å². The number of aromatic nitrogens is 2. The van der Waals surface area contributed by atoms with Crippen LogP contribution in [0.15, 0.2) is 63.6 Å². The van der Waals surface area contributed by atoms with Gasteiger partial charge in [0.2, 0.25) is 0 Å². The molecule has 2 aromatic carbocycles. The Balaban J connectivity index is 1.39. The van der Waals surface area contributed by atoms with Crippen molar-refractivity contribution < 1.29 is 28.1 Å². The Hall–Kier alpha value is -4.07. The molecule has 0 aliphatic carbocycles. The van der Waals surface area contributed by atoms with Crippen LogP contribution in [-0.4, -0.2) is 23.4 Å². The second-order valence-electron chi connectivity index (χ2n) is 7.08. The Labute approximate surface area is 184 Å². The molecular formula is C24H22N2O6. The van der Waals surface area contributed by atoms with Crippen molar-refractivity contribution in [3.05, 3.63) is 82.9 Å². The molecule has 164 valence electrons. The van der Waals surface area contributed by atoms with Crippen LogP contribution in [-0.2, 0) is 18.0 Å². The van der Waals surface area contributed by atoms with Crippen molar-refractivity contribution in [2.24, 2.45) is 0 Å². The summed E-state index contributed by atoms with van der Waals surface area (Å²) in [6, 6.07) is 16.2. The van der Waals surface area contributed by atoms with Gasteiger partial charge in [-0.05, 0) is 32.0 Å². The summed E-state index contributed by atoms with van der Waals surface area (Å²) in [6.45, 7) is 3.94. The molecule has 0 aliphatic rings. The average Bonchev–Trinajstić information content (AvgIpc) is 3.43. The number of methoxy groups -OCH3 is 1. The fourth-order valence-electron chi connectivity index (χ4n) is 3.11. The molecule has 2 heterocycles. The quantitative estimate of drug-likeness (QED) is 0.362. The molecule has 0 saturated carbocycles. The van der Waals surface area contributed by atoms with Gasteiger partial charge in [-0.25, -0.2) is 4.79 Å². The van der Waals surface area contributed by atoms with Crippen molar-refractivity contribution in [2.45, 2.75) is 27.1 Å². The van der Waals surface area contributed by atoms with E-state index >= 15 is 0 Å². The Morgan fingerprint density at radius 1 is 0.938 bits per heavy atom. The van der Waals surface area contributed by atoms with E-state index in [0.717, 1.165) is 16.8 Å². The summed E-state index contributed by atoms with van der Waals surface area (Å²) >= 11 is 0. The first-order chi connectivity index (χ1) is 15.5. The minimum absolute atomic E-state index is 0.0121. The Kier molecular flexibility index (Phi) is 6.21. The van der Waals surface area contributed by atoms with Crippen LogP contribution in [0, 0.1) is 13.8 Å². The van der Waals surface area contributed by atoms with E-state index in [1.165, 1.54) is 7.11 Å². The predicted octanol–water partition coefficient (Wildman–Crippen LogP) is 4.89. The maximum atomic E-state index is 12.5. The number of carbonyl (C=O) groups excluding carboxylic acids is 1. The molecule has 0 bridgehead atoms. The largest absolute Gasteiger partial charge is 0.493 e. The van der Waals surface area contributed by atoms with Crippen LogP contribution in [0.3, 0.4) is 0 Å². The van der Waals surface area contributed by atoms with Crippen molar-refractivity contribution in [1.82, 2.24) is 10.3 Å². The molecule has 8 nitrogen and oxygen atoms in total. The van der Waals surface area contributed by atoms with Gasteiger partial charge in [-0.2, -0.15) is 0 Å². The van der Waals surface area contributed by atoms with Crippen LogP contribution in [0.4, 0.5) is 0 Å². The van der Waals surface area contributed by atoms with E-state index in [0.29, 0.717) is 34.3 Å². The van der Waals surface area contributed by atoms with Gasteiger partial charge in [0, 0.05) is 11.6 Å². The van der Waals surface area contributed by atoms with Gasteiger partial charge < -0.3 is 23.3 Å². The molecule has 8 heteroatoms. The third kappa shape index (κ3) is 4.64. The number of benzene rings is 2. The molecule has 0 spiro atoms.